The molecule has 8 heteroatoms. The van der Waals surface area contributed by atoms with Crippen molar-refractivity contribution in [2.45, 2.75) is 0 Å². The summed E-state index contributed by atoms with van der Waals surface area (Å²) in [5.41, 5.74) is 0.232. The first-order valence-corrected chi connectivity index (χ1v) is 6.74. The van der Waals surface area contributed by atoms with Crippen LogP contribution < -0.4 is 9.04 Å². The zero-order chi connectivity index (χ0) is 14.6. The van der Waals surface area contributed by atoms with Gasteiger partial charge in [-0.1, -0.05) is 6.07 Å². The minimum absolute atomic E-state index is 0.232. The van der Waals surface area contributed by atoms with E-state index in [-0.39, 0.29) is 5.69 Å². The van der Waals surface area contributed by atoms with Crippen molar-refractivity contribution in [1.82, 2.24) is 4.31 Å². The van der Waals surface area contributed by atoms with E-state index in [0.717, 1.165) is 8.61 Å². The van der Waals surface area contributed by atoms with E-state index in [2.05, 4.69) is 0 Å². The SMILES string of the molecule is COc1cccc(N(CC(=O)O)S(=O)(=O)N(C)C)c1. The Balaban J connectivity index is 3.27. The standard InChI is InChI=1S/C11H16N2O5S/c1-12(2)19(16,17)13(8-11(14)15)9-5-4-6-10(7-9)18-3/h4-7H,8H2,1-3H3,(H,14,15). The lowest BCUT2D eigenvalue weighted by Gasteiger charge is -2.26. The van der Waals surface area contributed by atoms with Crippen molar-refractivity contribution in [3.05, 3.63) is 24.3 Å². The molecule has 1 aromatic carbocycles. The molecular formula is C11H16N2O5S. The highest BCUT2D eigenvalue weighted by atomic mass is 32.2. The third-order valence-corrected chi connectivity index (χ3v) is 4.18. The van der Waals surface area contributed by atoms with Crippen LogP contribution in [-0.2, 0) is 15.0 Å². The van der Waals surface area contributed by atoms with Gasteiger partial charge in [0.15, 0.2) is 0 Å². The Morgan fingerprint density at radius 1 is 1.37 bits per heavy atom. The maximum absolute atomic E-state index is 12.1. The van der Waals surface area contributed by atoms with Crippen LogP contribution in [0.25, 0.3) is 0 Å². The summed E-state index contributed by atoms with van der Waals surface area (Å²) in [4.78, 5) is 10.9. The number of methoxy groups -OCH3 is 1. The summed E-state index contributed by atoms with van der Waals surface area (Å²) in [6, 6.07) is 6.20. The zero-order valence-corrected chi connectivity index (χ0v) is 11.7. The Hall–Kier alpha value is -1.80. The molecule has 7 nitrogen and oxygen atoms in total. The second-order valence-corrected chi connectivity index (χ2v) is 5.96. The van der Waals surface area contributed by atoms with Crippen molar-refractivity contribution in [2.75, 3.05) is 32.1 Å². The molecule has 0 unspecified atom stereocenters. The summed E-state index contributed by atoms with van der Waals surface area (Å²) in [6.45, 7) is -0.659. The van der Waals surface area contributed by atoms with Crippen LogP contribution in [0.4, 0.5) is 5.69 Å². The van der Waals surface area contributed by atoms with Crippen molar-refractivity contribution in [3.8, 4) is 5.75 Å². The molecule has 0 aliphatic heterocycles. The fraction of sp³-hybridized carbons (Fsp3) is 0.364. The van der Waals surface area contributed by atoms with E-state index >= 15 is 0 Å². The average Bonchev–Trinajstić information content (AvgIpc) is 2.35. The van der Waals surface area contributed by atoms with Crippen molar-refractivity contribution in [1.29, 1.82) is 0 Å². The molecule has 0 aromatic heterocycles. The van der Waals surface area contributed by atoms with Gasteiger partial charge in [-0.2, -0.15) is 12.7 Å². The van der Waals surface area contributed by atoms with E-state index in [1.54, 1.807) is 12.1 Å². The highest BCUT2D eigenvalue weighted by molar-refractivity contribution is 7.90. The predicted octanol–water partition coefficient (Wildman–Crippen LogP) is 0.393. The maximum Gasteiger partial charge on any atom is 0.324 e. The number of carbonyl (C=O) groups is 1. The summed E-state index contributed by atoms with van der Waals surface area (Å²) in [5.74, 6) is -0.796. The number of rotatable bonds is 6. The molecule has 0 aliphatic rings. The number of anilines is 1. The molecule has 0 saturated heterocycles. The summed E-state index contributed by atoms with van der Waals surface area (Å²) in [5, 5.41) is 8.86. The molecule has 106 valence electrons. The molecule has 0 aliphatic carbocycles. The number of carboxylic acid groups (broad SMARTS) is 1. The van der Waals surface area contributed by atoms with Crippen LogP contribution in [0.2, 0.25) is 0 Å². The van der Waals surface area contributed by atoms with Crippen molar-refractivity contribution in [2.24, 2.45) is 0 Å². The molecule has 0 fully saturated rings. The Kier molecular flexibility index (Phi) is 4.73. The van der Waals surface area contributed by atoms with Gasteiger partial charge >= 0.3 is 16.2 Å². The van der Waals surface area contributed by atoms with E-state index in [9.17, 15) is 13.2 Å². The molecule has 0 atom stereocenters. The quantitative estimate of drug-likeness (QED) is 0.818. The summed E-state index contributed by atoms with van der Waals surface area (Å²) in [6.07, 6.45) is 0. The number of aliphatic carboxylic acids is 1. The van der Waals surface area contributed by atoms with Crippen LogP contribution in [0.1, 0.15) is 0 Å². The van der Waals surface area contributed by atoms with Crippen LogP contribution in [-0.4, -0.2) is 51.5 Å². The lowest BCUT2D eigenvalue weighted by Crippen LogP contribution is -2.43. The van der Waals surface area contributed by atoms with Crippen molar-refractivity contribution >= 4 is 21.9 Å². The first kappa shape index (κ1) is 15.3. The zero-order valence-electron chi connectivity index (χ0n) is 10.9. The second-order valence-electron chi connectivity index (χ2n) is 3.89. The van der Waals surface area contributed by atoms with E-state index in [0.29, 0.717) is 5.75 Å². The first-order chi connectivity index (χ1) is 8.78. The lowest BCUT2D eigenvalue weighted by molar-refractivity contribution is -0.135. The molecule has 0 bridgehead atoms. The third kappa shape index (κ3) is 3.58. The van der Waals surface area contributed by atoms with E-state index in [4.69, 9.17) is 9.84 Å². The van der Waals surface area contributed by atoms with Crippen molar-refractivity contribution < 1.29 is 23.1 Å². The molecular weight excluding hydrogens is 272 g/mol. The monoisotopic (exact) mass is 288 g/mol. The lowest BCUT2D eigenvalue weighted by atomic mass is 10.3. The minimum atomic E-state index is -3.88. The van der Waals surface area contributed by atoms with Gasteiger partial charge in [-0.3, -0.25) is 4.79 Å². The highest BCUT2D eigenvalue weighted by Gasteiger charge is 2.27. The van der Waals surface area contributed by atoms with Gasteiger partial charge in [0.05, 0.1) is 12.8 Å². The Morgan fingerprint density at radius 2 is 2.00 bits per heavy atom. The van der Waals surface area contributed by atoms with Gasteiger partial charge in [0.1, 0.15) is 12.3 Å². The van der Waals surface area contributed by atoms with Gasteiger partial charge in [-0.15, -0.1) is 0 Å². The van der Waals surface area contributed by atoms with Gasteiger partial charge in [0.2, 0.25) is 0 Å². The summed E-state index contributed by atoms with van der Waals surface area (Å²) >= 11 is 0. The van der Waals surface area contributed by atoms with Crippen LogP contribution in [0.15, 0.2) is 24.3 Å². The third-order valence-electron chi connectivity index (χ3n) is 2.36. The summed E-state index contributed by atoms with van der Waals surface area (Å²) in [7, 11) is 0.239. The molecule has 0 saturated carbocycles. The summed E-state index contributed by atoms with van der Waals surface area (Å²) < 4.78 is 31.0. The first-order valence-electron chi connectivity index (χ1n) is 5.35. The molecule has 0 radical (unpaired) electrons. The Morgan fingerprint density at radius 3 is 2.47 bits per heavy atom. The fourth-order valence-electron chi connectivity index (χ4n) is 1.39. The van der Waals surface area contributed by atoms with E-state index < -0.39 is 22.7 Å². The van der Waals surface area contributed by atoms with Crippen LogP contribution in [0.3, 0.4) is 0 Å². The number of carboxylic acids is 1. The molecule has 1 aromatic rings. The van der Waals surface area contributed by atoms with E-state index in [1.165, 1.54) is 33.3 Å². The number of hydrogen-bond donors (Lipinski definition) is 1. The molecule has 0 amide bonds. The number of ether oxygens (including phenoxy) is 1. The van der Waals surface area contributed by atoms with Crippen LogP contribution in [0, 0.1) is 0 Å². The maximum atomic E-state index is 12.1. The molecule has 1 rings (SSSR count). The topological polar surface area (TPSA) is 87.1 Å². The number of benzene rings is 1. The fourth-order valence-corrected chi connectivity index (χ4v) is 2.44. The number of hydrogen-bond acceptors (Lipinski definition) is 4. The van der Waals surface area contributed by atoms with Crippen LogP contribution in [0.5, 0.6) is 5.75 Å². The van der Waals surface area contributed by atoms with Gasteiger partial charge in [-0.05, 0) is 12.1 Å². The minimum Gasteiger partial charge on any atom is -0.497 e. The Bertz CT molecular complexity index is 556. The van der Waals surface area contributed by atoms with Gasteiger partial charge in [-0.25, -0.2) is 4.31 Å². The van der Waals surface area contributed by atoms with Crippen LogP contribution >= 0.6 is 0 Å². The molecule has 0 spiro atoms. The Labute approximate surface area is 112 Å². The van der Waals surface area contributed by atoms with E-state index in [1.807, 2.05) is 0 Å². The molecule has 0 heterocycles. The smallest absolute Gasteiger partial charge is 0.324 e. The van der Waals surface area contributed by atoms with Gasteiger partial charge in [0.25, 0.3) is 0 Å². The number of nitrogens with zero attached hydrogens (tertiary/aromatic N) is 2. The second kappa shape index (κ2) is 5.89. The largest absolute Gasteiger partial charge is 0.497 e. The van der Waals surface area contributed by atoms with Gasteiger partial charge in [0, 0.05) is 20.2 Å². The molecule has 1 N–H and O–H groups in total. The normalized spacial score (nSPS) is 11.4. The van der Waals surface area contributed by atoms with Gasteiger partial charge < -0.3 is 9.84 Å². The van der Waals surface area contributed by atoms with Crippen molar-refractivity contribution in [3.63, 3.8) is 0 Å². The average molecular weight is 288 g/mol. The predicted molar refractivity (Wildman–Crippen MR) is 70.6 cm³/mol. The highest BCUT2D eigenvalue weighted by Crippen LogP contribution is 2.23. The molecule has 19 heavy (non-hydrogen) atoms.